The standard InChI is InChI=1S/C13H17FN2O/c1-10(16)12-6-5-11(14)9-13(12)17-8-4-2-3-7-15/h5-6,9-10H,2-4,8,16H2,1H3/t10-/m1/s1. The summed E-state index contributed by atoms with van der Waals surface area (Å²) in [5.41, 5.74) is 6.57. The topological polar surface area (TPSA) is 59.0 Å². The van der Waals surface area contributed by atoms with E-state index in [0.29, 0.717) is 18.8 Å². The zero-order valence-electron chi connectivity index (χ0n) is 9.95. The molecule has 0 aliphatic heterocycles. The van der Waals surface area contributed by atoms with Crippen molar-refractivity contribution in [3.8, 4) is 11.8 Å². The Morgan fingerprint density at radius 2 is 2.24 bits per heavy atom. The number of nitriles is 1. The summed E-state index contributed by atoms with van der Waals surface area (Å²) in [7, 11) is 0. The van der Waals surface area contributed by atoms with Crippen LogP contribution in [-0.4, -0.2) is 6.61 Å². The molecule has 0 amide bonds. The van der Waals surface area contributed by atoms with Gasteiger partial charge in [0.25, 0.3) is 0 Å². The van der Waals surface area contributed by atoms with Gasteiger partial charge in [0.1, 0.15) is 11.6 Å². The predicted octanol–water partition coefficient (Wildman–Crippen LogP) is 2.92. The smallest absolute Gasteiger partial charge is 0.126 e. The van der Waals surface area contributed by atoms with Gasteiger partial charge in [-0.05, 0) is 25.8 Å². The SMILES string of the molecule is C[C@@H](N)c1ccc(F)cc1OCCCCC#N. The third-order valence-corrected chi connectivity index (χ3v) is 2.41. The summed E-state index contributed by atoms with van der Waals surface area (Å²) in [4.78, 5) is 0. The normalized spacial score (nSPS) is 11.9. The Morgan fingerprint density at radius 1 is 1.47 bits per heavy atom. The summed E-state index contributed by atoms with van der Waals surface area (Å²) in [6.45, 7) is 2.31. The van der Waals surface area contributed by atoms with Crippen LogP contribution < -0.4 is 10.5 Å². The summed E-state index contributed by atoms with van der Waals surface area (Å²) < 4.78 is 18.6. The van der Waals surface area contributed by atoms with Crippen molar-refractivity contribution < 1.29 is 9.13 Å². The molecule has 1 aromatic rings. The fraction of sp³-hybridized carbons (Fsp3) is 0.462. The molecule has 0 heterocycles. The monoisotopic (exact) mass is 236 g/mol. The molecule has 1 atom stereocenters. The number of benzene rings is 1. The van der Waals surface area contributed by atoms with E-state index in [2.05, 4.69) is 6.07 Å². The fourth-order valence-electron chi connectivity index (χ4n) is 1.50. The minimum absolute atomic E-state index is 0.190. The molecule has 0 spiro atoms. The van der Waals surface area contributed by atoms with Crippen LogP contribution in [-0.2, 0) is 0 Å². The van der Waals surface area contributed by atoms with E-state index in [9.17, 15) is 4.39 Å². The third-order valence-electron chi connectivity index (χ3n) is 2.41. The first-order valence-electron chi connectivity index (χ1n) is 5.70. The van der Waals surface area contributed by atoms with E-state index in [0.717, 1.165) is 18.4 Å². The average molecular weight is 236 g/mol. The summed E-state index contributed by atoms with van der Waals surface area (Å²) >= 11 is 0. The third kappa shape index (κ3) is 4.41. The van der Waals surface area contributed by atoms with E-state index in [1.807, 2.05) is 6.92 Å². The van der Waals surface area contributed by atoms with E-state index < -0.39 is 0 Å². The van der Waals surface area contributed by atoms with Crippen molar-refractivity contribution >= 4 is 0 Å². The van der Waals surface area contributed by atoms with Crippen molar-refractivity contribution in [3.63, 3.8) is 0 Å². The molecule has 0 aliphatic rings. The number of nitrogens with zero attached hydrogens (tertiary/aromatic N) is 1. The van der Waals surface area contributed by atoms with E-state index in [4.69, 9.17) is 15.7 Å². The molecule has 0 aromatic heterocycles. The number of unbranched alkanes of at least 4 members (excludes halogenated alkanes) is 2. The highest BCUT2D eigenvalue weighted by atomic mass is 19.1. The van der Waals surface area contributed by atoms with Gasteiger partial charge < -0.3 is 10.5 Å². The number of halogens is 1. The van der Waals surface area contributed by atoms with Gasteiger partial charge >= 0.3 is 0 Å². The summed E-state index contributed by atoms with van der Waals surface area (Å²) in [5, 5.41) is 8.38. The maximum atomic E-state index is 13.1. The van der Waals surface area contributed by atoms with Gasteiger partial charge in [0, 0.05) is 24.1 Å². The maximum Gasteiger partial charge on any atom is 0.126 e. The van der Waals surface area contributed by atoms with Crippen LogP contribution >= 0.6 is 0 Å². The zero-order valence-corrected chi connectivity index (χ0v) is 9.95. The van der Waals surface area contributed by atoms with E-state index in [-0.39, 0.29) is 11.9 Å². The van der Waals surface area contributed by atoms with Crippen molar-refractivity contribution in [1.29, 1.82) is 5.26 Å². The Bertz CT molecular complexity index is 399. The second-order valence-corrected chi connectivity index (χ2v) is 3.93. The predicted molar refractivity (Wildman–Crippen MR) is 64.0 cm³/mol. The second-order valence-electron chi connectivity index (χ2n) is 3.93. The molecule has 2 N–H and O–H groups in total. The van der Waals surface area contributed by atoms with Gasteiger partial charge in [-0.2, -0.15) is 5.26 Å². The van der Waals surface area contributed by atoms with E-state index in [1.54, 1.807) is 6.07 Å². The van der Waals surface area contributed by atoms with Crippen LogP contribution in [0, 0.1) is 17.1 Å². The first-order chi connectivity index (χ1) is 8.15. The maximum absolute atomic E-state index is 13.1. The Labute approximate surface area is 101 Å². The van der Waals surface area contributed by atoms with Crippen molar-refractivity contribution in [1.82, 2.24) is 0 Å². The van der Waals surface area contributed by atoms with Crippen LogP contribution in [0.4, 0.5) is 4.39 Å². The van der Waals surface area contributed by atoms with Crippen LogP contribution in [0.25, 0.3) is 0 Å². The first-order valence-corrected chi connectivity index (χ1v) is 5.70. The van der Waals surface area contributed by atoms with Crippen LogP contribution in [0.3, 0.4) is 0 Å². The lowest BCUT2D eigenvalue weighted by molar-refractivity contribution is 0.301. The molecule has 1 aromatic carbocycles. The Hall–Kier alpha value is -1.60. The van der Waals surface area contributed by atoms with Crippen molar-refractivity contribution in [2.45, 2.75) is 32.2 Å². The molecule has 0 bridgehead atoms. The van der Waals surface area contributed by atoms with Crippen LogP contribution in [0.15, 0.2) is 18.2 Å². The van der Waals surface area contributed by atoms with E-state index in [1.165, 1.54) is 12.1 Å². The molecule has 4 heteroatoms. The highest BCUT2D eigenvalue weighted by Gasteiger charge is 2.09. The lowest BCUT2D eigenvalue weighted by Gasteiger charge is -2.13. The molecular weight excluding hydrogens is 219 g/mol. The first kappa shape index (κ1) is 13.5. The molecule has 0 saturated heterocycles. The number of rotatable bonds is 6. The highest BCUT2D eigenvalue weighted by Crippen LogP contribution is 2.25. The minimum atomic E-state index is -0.332. The minimum Gasteiger partial charge on any atom is -0.493 e. The Morgan fingerprint density at radius 3 is 2.88 bits per heavy atom. The largest absolute Gasteiger partial charge is 0.493 e. The molecule has 0 unspecified atom stereocenters. The van der Waals surface area contributed by atoms with Gasteiger partial charge in [-0.15, -0.1) is 0 Å². The van der Waals surface area contributed by atoms with Gasteiger partial charge in [-0.3, -0.25) is 0 Å². The number of nitrogens with two attached hydrogens (primary N) is 1. The number of ether oxygens (including phenoxy) is 1. The molecule has 17 heavy (non-hydrogen) atoms. The Kier molecular flexibility index (Phi) is 5.44. The second kappa shape index (κ2) is 6.87. The summed E-state index contributed by atoms with van der Waals surface area (Å²) in [6, 6.07) is 6.25. The molecular formula is C13H17FN2O. The number of hydrogen-bond acceptors (Lipinski definition) is 3. The quantitative estimate of drug-likeness (QED) is 0.772. The summed E-state index contributed by atoms with van der Waals surface area (Å²) in [5.74, 6) is 0.165. The van der Waals surface area contributed by atoms with Crippen molar-refractivity contribution in [3.05, 3.63) is 29.6 Å². The highest BCUT2D eigenvalue weighted by molar-refractivity contribution is 5.36. The average Bonchev–Trinajstić information content (AvgIpc) is 2.28. The molecule has 0 radical (unpaired) electrons. The fourth-order valence-corrected chi connectivity index (χ4v) is 1.50. The number of hydrogen-bond donors (Lipinski definition) is 1. The lowest BCUT2D eigenvalue weighted by atomic mass is 10.1. The van der Waals surface area contributed by atoms with Crippen molar-refractivity contribution in [2.75, 3.05) is 6.61 Å². The van der Waals surface area contributed by atoms with Crippen LogP contribution in [0.5, 0.6) is 5.75 Å². The molecule has 0 aliphatic carbocycles. The molecule has 92 valence electrons. The van der Waals surface area contributed by atoms with Crippen LogP contribution in [0.1, 0.15) is 37.8 Å². The summed E-state index contributed by atoms with van der Waals surface area (Å²) in [6.07, 6.45) is 2.09. The van der Waals surface area contributed by atoms with Crippen molar-refractivity contribution in [2.24, 2.45) is 5.73 Å². The zero-order chi connectivity index (χ0) is 12.7. The van der Waals surface area contributed by atoms with Gasteiger partial charge in [0.2, 0.25) is 0 Å². The molecule has 0 fully saturated rings. The lowest BCUT2D eigenvalue weighted by Crippen LogP contribution is -2.09. The van der Waals surface area contributed by atoms with Gasteiger partial charge in [-0.25, -0.2) is 4.39 Å². The van der Waals surface area contributed by atoms with E-state index >= 15 is 0 Å². The molecule has 0 saturated carbocycles. The van der Waals surface area contributed by atoms with Gasteiger partial charge in [0.15, 0.2) is 0 Å². The van der Waals surface area contributed by atoms with Gasteiger partial charge in [-0.1, -0.05) is 6.07 Å². The molecule has 1 rings (SSSR count). The Balaban J connectivity index is 2.57. The van der Waals surface area contributed by atoms with Gasteiger partial charge in [0.05, 0.1) is 12.7 Å². The van der Waals surface area contributed by atoms with Crippen LogP contribution in [0.2, 0.25) is 0 Å². The molecule has 3 nitrogen and oxygen atoms in total.